The fourth-order valence-electron chi connectivity index (χ4n) is 5.02. The molecule has 210 valence electrons. The number of piperidine rings is 1. The lowest BCUT2D eigenvalue weighted by molar-refractivity contribution is -0.148. The minimum atomic E-state index is -0.143. The molecule has 4 aromatic rings. The second-order valence-electron chi connectivity index (χ2n) is 10.4. The Balaban J connectivity index is 1.26. The lowest BCUT2D eigenvalue weighted by Crippen LogP contribution is -2.37. The van der Waals surface area contributed by atoms with Crippen molar-refractivity contribution in [2.75, 3.05) is 31.1 Å². The number of esters is 1. The summed E-state index contributed by atoms with van der Waals surface area (Å²) in [6, 6.07) is 22.3. The summed E-state index contributed by atoms with van der Waals surface area (Å²) in [6.07, 6.45) is 1.50. The SMILES string of the molecule is Cc1ccc(OCc2ccc(-c3ccc(C#N)cc3)cc2C)c(-c2csc(N3CCC(C(=O)OCCN)CC3)n2)c1. The smallest absolute Gasteiger partial charge is 0.309 e. The Hall–Kier alpha value is -4.19. The first-order valence-electron chi connectivity index (χ1n) is 13.9. The van der Waals surface area contributed by atoms with Crippen LogP contribution in [0.15, 0.2) is 66.0 Å². The molecule has 41 heavy (non-hydrogen) atoms. The summed E-state index contributed by atoms with van der Waals surface area (Å²) < 4.78 is 11.6. The number of nitrogens with zero attached hydrogens (tertiary/aromatic N) is 3. The van der Waals surface area contributed by atoms with E-state index >= 15 is 0 Å². The normalized spacial score (nSPS) is 13.6. The van der Waals surface area contributed by atoms with Crippen molar-refractivity contribution in [1.82, 2.24) is 4.98 Å². The van der Waals surface area contributed by atoms with Crippen LogP contribution in [0.4, 0.5) is 5.13 Å². The molecule has 0 saturated carbocycles. The van der Waals surface area contributed by atoms with Gasteiger partial charge in [-0.25, -0.2) is 4.98 Å². The van der Waals surface area contributed by atoms with E-state index in [1.807, 2.05) is 30.3 Å². The number of thiazole rings is 1. The summed E-state index contributed by atoms with van der Waals surface area (Å²) in [6.45, 7) is 6.77. The van der Waals surface area contributed by atoms with Gasteiger partial charge in [0.1, 0.15) is 19.0 Å². The van der Waals surface area contributed by atoms with Gasteiger partial charge >= 0.3 is 5.97 Å². The minimum Gasteiger partial charge on any atom is -0.488 e. The molecule has 0 radical (unpaired) electrons. The molecule has 2 heterocycles. The highest BCUT2D eigenvalue weighted by Crippen LogP contribution is 2.36. The number of aryl methyl sites for hydroxylation is 2. The summed E-state index contributed by atoms with van der Waals surface area (Å²) >= 11 is 1.62. The second-order valence-corrected chi connectivity index (χ2v) is 11.2. The molecule has 1 fully saturated rings. The fraction of sp³-hybridized carbons (Fsp3) is 0.303. The van der Waals surface area contributed by atoms with Crippen LogP contribution in [0.3, 0.4) is 0 Å². The van der Waals surface area contributed by atoms with Crippen LogP contribution < -0.4 is 15.4 Å². The third-order valence-electron chi connectivity index (χ3n) is 7.44. The third kappa shape index (κ3) is 6.76. The van der Waals surface area contributed by atoms with Crippen molar-refractivity contribution < 1.29 is 14.3 Å². The molecule has 0 atom stereocenters. The maximum atomic E-state index is 12.2. The molecule has 8 heteroatoms. The van der Waals surface area contributed by atoms with Crippen molar-refractivity contribution in [1.29, 1.82) is 5.26 Å². The molecule has 0 aliphatic carbocycles. The van der Waals surface area contributed by atoms with E-state index in [0.29, 0.717) is 18.7 Å². The Morgan fingerprint density at radius 1 is 1.07 bits per heavy atom. The van der Waals surface area contributed by atoms with Crippen molar-refractivity contribution in [3.63, 3.8) is 0 Å². The highest BCUT2D eigenvalue weighted by atomic mass is 32.1. The van der Waals surface area contributed by atoms with Crippen molar-refractivity contribution in [2.45, 2.75) is 33.3 Å². The van der Waals surface area contributed by atoms with Crippen molar-refractivity contribution >= 4 is 22.4 Å². The van der Waals surface area contributed by atoms with E-state index in [4.69, 9.17) is 25.5 Å². The monoisotopic (exact) mass is 566 g/mol. The van der Waals surface area contributed by atoms with Gasteiger partial charge in [0.2, 0.25) is 0 Å². The lowest BCUT2D eigenvalue weighted by atomic mass is 9.97. The van der Waals surface area contributed by atoms with Crippen LogP contribution in [0.25, 0.3) is 22.4 Å². The number of aromatic nitrogens is 1. The highest BCUT2D eigenvalue weighted by molar-refractivity contribution is 7.14. The summed E-state index contributed by atoms with van der Waals surface area (Å²) in [7, 11) is 0. The second kappa shape index (κ2) is 13.0. The number of nitriles is 1. The molecular weight excluding hydrogens is 532 g/mol. The number of carbonyl (C=O) groups is 1. The van der Waals surface area contributed by atoms with Gasteiger partial charge in [-0.3, -0.25) is 4.79 Å². The average molecular weight is 567 g/mol. The van der Waals surface area contributed by atoms with E-state index in [2.05, 4.69) is 60.5 Å². The molecule has 0 spiro atoms. The molecule has 1 aliphatic heterocycles. The quantitative estimate of drug-likeness (QED) is 0.239. The number of hydrogen-bond acceptors (Lipinski definition) is 8. The van der Waals surface area contributed by atoms with Crippen LogP contribution in [0.1, 0.15) is 35.1 Å². The number of benzene rings is 3. The summed E-state index contributed by atoms with van der Waals surface area (Å²) in [5.74, 6) is 0.579. The first kappa shape index (κ1) is 28.3. The zero-order chi connectivity index (χ0) is 28.8. The molecular formula is C33H34N4O3S. The first-order chi connectivity index (χ1) is 19.9. The van der Waals surface area contributed by atoms with Crippen molar-refractivity contribution in [3.8, 4) is 34.2 Å². The van der Waals surface area contributed by atoms with E-state index in [0.717, 1.165) is 75.9 Å². The number of carbonyl (C=O) groups excluding carboxylic acids is 1. The highest BCUT2D eigenvalue weighted by Gasteiger charge is 2.27. The van der Waals surface area contributed by atoms with Gasteiger partial charge in [0.25, 0.3) is 0 Å². The van der Waals surface area contributed by atoms with E-state index in [-0.39, 0.29) is 18.5 Å². The molecule has 2 N–H and O–H groups in total. The van der Waals surface area contributed by atoms with Gasteiger partial charge in [0.15, 0.2) is 5.13 Å². The number of nitrogens with two attached hydrogens (primary N) is 1. The Morgan fingerprint density at radius 2 is 1.83 bits per heavy atom. The fourth-order valence-corrected chi connectivity index (χ4v) is 5.90. The maximum absolute atomic E-state index is 12.2. The molecule has 0 amide bonds. The zero-order valence-electron chi connectivity index (χ0n) is 23.4. The standard InChI is InChI=1S/C33H34N4O3S/c1-22-3-10-31(40-20-28-9-8-27(18-23(28)2)25-6-4-24(19-35)5-7-25)29(17-22)30-21-41-33(36-30)37-14-11-26(12-15-37)32(38)39-16-13-34/h3-10,17-18,21,26H,11-16,20,34H2,1-2H3. The van der Waals surface area contributed by atoms with E-state index in [9.17, 15) is 4.79 Å². The summed E-state index contributed by atoms with van der Waals surface area (Å²) in [4.78, 5) is 19.4. The Morgan fingerprint density at radius 3 is 2.54 bits per heavy atom. The number of hydrogen-bond donors (Lipinski definition) is 1. The minimum absolute atomic E-state index is 0.0735. The predicted molar refractivity (Wildman–Crippen MR) is 163 cm³/mol. The molecule has 1 saturated heterocycles. The van der Waals surface area contributed by atoms with E-state index in [1.54, 1.807) is 11.3 Å². The number of anilines is 1. The van der Waals surface area contributed by atoms with Gasteiger partial charge in [0.05, 0.1) is 23.2 Å². The molecule has 5 rings (SSSR count). The van der Waals surface area contributed by atoms with Gasteiger partial charge < -0.3 is 20.1 Å². The van der Waals surface area contributed by atoms with Crippen molar-refractivity contribution in [2.24, 2.45) is 11.7 Å². The molecule has 0 bridgehead atoms. The number of rotatable bonds is 9. The number of ether oxygens (including phenoxy) is 2. The van der Waals surface area contributed by atoms with Crippen molar-refractivity contribution in [3.05, 3.63) is 88.3 Å². The van der Waals surface area contributed by atoms with Gasteiger partial charge in [0, 0.05) is 30.6 Å². The lowest BCUT2D eigenvalue weighted by Gasteiger charge is -2.30. The van der Waals surface area contributed by atoms with Crippen LogP contribution in [-0.4, -0.2) is 37.2 Å². The third-order valence-corrected chi connectivity index (χ3v) is 8.34. The van der Waals surface area contributed by atoms with Crippen LogP contribution in [0.2, 0.25) is 0 Å². The Kier molecular flexibility index (Phi) is 8.98. The summed E-state index contributed by atoms with van der Waals surface area (Å²) in [5.41, 5.74) is 13.6. The average Bonchev–Trinajstić information content (AvgIpc) is 3.50. The van der Waals surface area contributed by atoms with Crippen LogP contribution in [0, 0.1) is 31.1 Å². The molecule has 3 aromatic carbocycles. The van der Waals surface area contributed by atoms with Gasteiger partial charge in [-0.15, -0.1) is 11.3 Å². The summed E-state index contributed by atoms with van der Waals surface area (Å²) in [5, 5.41) is 12.1. The zero-order valence-corrected chi connectivity index (χ0v) is 24.2. The molecule has 7 nitrogen and oxygen atoms in total. The van der Waals surface area contributed by atoms with Gasteiger partial charge in [-0.05, 0) is 73.2 Å². The molecule has 0 unspecified atom stereocenters. The van der Waals surface area contributed by atoms with E-state index < -0.39 is 0 Å². The largest absolute Gasteiger partial charge is 0.488 e. The van der Waals surface area contributed by atoms with Crippen LogP contribution in [-0.2, 0) is 16.1 Å². The molecule has 1 aliphatic rings. The van der Waals surface area contributed by atoms with Crippen LogP contribution in [0.5, 0.6) is 5.75 Å². The predicted octanol–water partition coefficient (Wildman–Crippen LogP) is 6.26. The van der Waals surface area contributed by atoms with Gasteiger partial charge in [-0.2, -0.15) is 5.26 Å². The van der Waals surface area contributed by atoms with Crippen LogP contribution >= 0.6 is 11.3 Å². The molecule has 1 aromatic heterocycles. The Labute approximate surface area is 245 Å². The topological polar surface area (TPSA) is 101 Å². The first-order valence-corrected chi connectivity index (χ1v) is 14.7. The van der Waals surface area contributed by atoms with Gasteiger partial charge in [-0.1, -0.05) is 42.0 Å². The van der Waals surface area contributed by atoms with E-state index in [1.165, 1.54) is 0 Å². The maximum Gasteiger partial charge on any atom is 0.309 e. The Bertz CT molecular complexity index is 1550.